The number of carbonyl (C=O) groups is 3. The first-order valence-corrected chi connectivity index (χ1v) is 13.9. The summed E-state index contributed by atoms with van der Waals surface area (Å²) in [5.74, 6) is -6.57. The minimum atomic E-state index is -2.58. The van der Waals surface area contributed by atoms with E-state index >= 15 is 0 Å². The number of primary amides is 1. The lowest BCUT2D eigenvalue weighted by Crippen LogP contribution is -2.73. The van der Waals surface area contributed by atoms with Crippen molar-refractivity contribution in [3.63, 3.8) is 0 Å². The molecule has 1 amide bonds. The first-order chi connectivity index (χ1) is 19.3. The summed E-state index contributed by atoms with van der Waals surface area (Å²) in [6.45, 7) is 2.26. The van der Waals surface area contributed by atoms with E-state index in [9.17, 15) is 34.8 Å². The number of likely N-dealkylation sites (N-methyl/N-ethyl adjacent to an activating group) is 1. The van der Waals surface area contributed by atoms with Gasteiger partial charge in [0.25, 0.3) is 0 Å². The molecule has 8 N–H and O–H groups in total. The van der Waals surface area contributed by atoms with Gasteiger partial charge in [-0.05, 0) is 64.1 Å². The highest BCUT2D eigenvalue weighted by Crippen LogP contribution is 2.50. The molecule has 5 atom stereocenters. The molecule has 1 aliphatic heterocycles. The molecule has 2 aliphatic carbocycles. The van der Waals surface area contributed by atoms with E-state index in [4.69, 9.17) is 5.73 Å². The molecule has 2 fully saturated rings. The van der Waals surface area contributed by atoms with Crippen molar-refractivity contribution < 1.29 is 34.8 Å². The zero-order valence-electron chi connectivity index (χ0n) is 23.8. The number of phenols is 2. The fourth-order valence-corrected chi connectivity index (χ4v) is 6.95. The number of ketones is 2. The van der Waals surface area contributed by atoms with Crippen molar-refractivity contribution in [2.75, 3.05) is 46.2 Å². The van der Waals surface area contributed by atoms with E-state index in [0.29, 0.717) is 28.7 Å². The molecule has 0 radical (unpaired) electrons. The zero-order chi connectivity index (χ0) is 30.0. The highest BCUT2D eigenvalue weighted by Gasteiger charge is 2.65. The summed E-state index contributed by atoms with van der Waals surface area (Å²) in [6, 6.07) is 2.64. The smallest absolute Gasteiger partial charge is 0.230 e. The van der Waals surface area contributed by atoms with Crippen molar-refractivity contribution in [1.82, 2.24) is 15.5 Å². The highest BCUT2D eigenvalue weighted by atomic mass is 16.4. The van der Waals surface area contributed by atoms with Crippen molar-refractivity contribution >= 4 is 33.9 Å². The van der Waals surface area contributed by atoms with Gasteiger partial charge in [0.2, 0.25) is 11.7 Å². The number of piperidine rings is 1. The molecule has 3 aliphatic rings. The maximum absolute atomic E-state index is 14.0. The second-order valence-electron chi connectivity index (χ2n) is 11.9. The minimum absolute atomic E-state index is 0.0449. The number of aliphatic hydroxyl groups excluding tert-OH is 1. The molecule has 222 valence electrons. The fraction of sp³-hybridized carbons (Fsp3) is 0.552. The molecule has 1 saturated carbocycles. The largest absolute Gasteiger partial charge is 0.507 e. The molecule has 1 saturated heterocycles. The van der Waals surface area contributed by atoms with Crippen LogP contribution in [0.5, 0.6) is 11.5 Å². The van der Waals surface area contributed by atoms with Crippen LogP contribution in [0.25, 0.3) is 10.8 Å². The van der Waals surface area contributed by atoms with E-state index in [1.54, 1.807) is 6.07 Å². The minimum Gasteiger partial charge on any atom is -0.507 e. The van der Waals surface area contributed by atoms with Crippen LogP contribution in [0.4, 0.5) is 5.69 Å². The lowest BCUT2D eigenvalue weighted by atomic mass is 9.57. The van der Waals surface area contributed by atoms with Crippen LogP contribution in [-0.2, 0) is 22.6 Å². The summed E-state index contributed by atoms with van der Waals surface area (Å²) < 4.78 is 0. The van der Waals surface area contributed by atoms with Crippen molar-refractivity contribution in [2.24, 2.45) is 17.6 Å². The number of nitrogens with zero attached hydrogens (tertiary/aromatic N) is 2. The number of carbonyl (C=O) groups excluding carboxylic acids is 3. The number of rotatable bonds is 6. The monoisotopic (exact) mass is 569 g/mol. The number of likely N-dealkylation sites (tertiary alicyclic amines) is 1. The Bertz CT molecular complexity index is 1420. The number of aromatic hydroxyl groups is 2. The number of phenolic OH excluding ortho intramolecular Hbond substituents is 2. The molecular weight excluding hydrogens is 530 g/mol. The molecule has 0 aromatic heterocycles. The first-order valence-electron chi connectivity index (χ1n) is 13.9. The third-order valence-corrected chi connectivity index (χ3v) is 9.29. The molecule has 12 heteroatoms. The number of nitrogens with one attached hydrogen (secondary N) is 2. The number of hydrogen-bond acceptors (Lipinski definition) is 11. The lowest BCUT2D eigenvalue weighted by Gasteiger charge is -2.50. The van der Waals surface area contributed by atoms with Gasteiger partial charge in [0, 0.05) is 49.2 Å². The number of Topliss-reactive ketones (excluding diaryl/α,β-unsaturated/α-hetero) is 2. The molecule has 41 heavy (non-hydrogen) atoms. The number of aliphatic hydroxyl groups is 2. The van der Waals surface area contributed by atoms with Crippen LogP contribution in [0.2, 0.25) is 0 Å². The van der Waals surface area contributed by atoms with Gasteiger partial charge in [-0.1, -0.05) is 0 Å². The van der Waals surface area contributed by atoms with Crippen LogP contribution >= 0.6 is 0 Å². The second-order valence-corrected chi connectivity index (χ2v) is 11.9. The van der Waals surface area contributed by atoms with Gasteiger partial charge >= 0.3 is 0 Å². The Labute approximate surface area is 238 Å². The number of nitrogens with two attached hydrogens (primary N) is 1. The first kappa shape index (κ1) is 29.2. The summed E-state index contributed by atoms with van der Waals surface area (Å²) in [5, 5.41) is 52.5. The SMILES string of the molecule is CN[C@@H]1C(=O)C(C(N)=O)C(O)[C@@]2(O)C(=O)c3c(cc4c(N(C)C)cc(CNC5CCN(C)CC5)c(O)c4c3O)C[C@@H]12. The summed E-state index contributed by atoms with van der Waals surface area (Å²) in [6.07, 6.45) is -0.242. The Morgan fingerprint density at radius 2 is 1.83 bits per heavy atom. The van der Waals surface area contributed by atoms with Gasteiger partial charge in [-0.3, -0.25) is 14.4 Å². The van der Waals surface area contributed by atoms with Gasteiger partial charge in [-0.15, -0.1) is 0 Å². The van der Waals surface area contributed by atoms with E-state index < -0.39 is 52.8 Å². The van der Waals surface area contributed by atoms with Gasteiger partial charge < -0.3 is 46.6 Å². The van der Waals surface area contributed by atoms with Crippen LogP contribution in [-0.4, -0.2) is 108 Å². The van der Waals surface area contributed by atoms with Crippen LogP contribution in [0.15, 0.2) is 12.1 Å². The fourth-order valence-electron chi connectivity index (χ4n) is 6.95. The molecule has 12 nitrogen and oxygen atoms in total. The van der Waals surface area contributed by atoms with Gasteiger partial charge in [-0.2, -0.15) is 0 Å². The predicted octanol–water partition coefficient (Wildman–Crippen LogP) is -0.780. The topological polar surface area (TPSA) is 189 Å². The lowest BCUT2D eigenvalue weighted by molar-refractivity contribution is -0.168. The average Bonchev–Trinajstić information content (AvgIpc) is 2.91. The van der Waals surface area contributed by atoms with Crippen molar-refractivity contribution in [3.8, 4) is 11.5 Å². The molecule has 2 aromatic carbocycles. The highest BCUT2D eigenvalue weighted by molar-refractivity contribution is 6.17. The van der Waals surface area contributed by atoms with E-state index in [1.165, 1.54) is 7.05 Å². The number of anilines is 1. The normalized spacial score (nSPS) is 28.9. The quantitative estimate of drug-likeness (QED) is 0.216. The maximum Gasteiger partial charge on any atom is 0.230 e. The molecule has 0 bridgehead atoms. The molecule has 0 spiro atoms. The molecular formula is C29H39N5O7. The zero-order valence-corrected chi connectivity index (χ0v) is 23.8. The van der Waals surface area contributed by atoms with Crippen LogP contribution in [0.3, 0.4) is 0 Å². The number of fused-ring (bicyclic) bond motifs is 3. The van der Waals surface area contributed by atoms with Gasteiger partial charge in [0.1, 0.15) is 23.5 Å². The van der Waals surface area contributed by atoms with Crippen LogP contribution < -0.4 is 21.3 Å². The summed E-state index contributed by atoms with van der Waals surface area (Å²) in [4.78, 5) is 43.3. The molecule has 2 aromatic rings. The number of benzene rings is 2. The molecule has 5 rings (SSSR count). The Morgan fingerprint density at radius 1 is 1.17 bits per heavy atom. The Hall–Kier alpha value is -3.29. The second kappa shape index (κ2) is 10.5. The van der Waals surface area contributed by atoms with E-state index in [2.05, 4.69) is 22.6 Å². The Morgan fingerprint density at radius 3 is 2.41 bits per heavy atom. The average molecular weight is 570 g/mol. The van der Waals surface area contributed by atoms with E-state index in [1.807, 2.05) is 25.1 Å². The third kappa shape index (κ3) is 4.45. The number of hydrogen-bond donors (Lipinski definition) is 7. The van der Waals surface area contributed by atoms with Gasteiger partial charge in [0.15, 0.2) is 11.4 Å². The predicted molar refractivity (Wildman–Crippen MR) is 152 cm³/mol. The number of amides is 1. The van der Waals surface area contributed by atoms with Crippen LogP contribution in [0.1, 0.15) is 34.3 Å². The third-order valence-electron chi connectivity index (χ3n) is 9.29. The summed E-state index contributed by atoms with van der Waals surface area (Å²) >= 11 is 0. The summed E-state index contributed by atoms with van der Waals surface area (Å²) in [7, 11) is 7.20. The summed E-state index contributed by atoms with van der Waals surface area (Å²) in [5.41, 5.74) is 4.14. The van der Waals surface area contributed by atoms with Crippen molar-refractivity contribution in [3.05, 3.63) is 28.8 Å². The van der Waals surface area contributed by atoms with Crippen molar-refractivity contribution in [2.45, 2.75) is 49.6 Å². The Balaban J connectivity index is 1.64. The molecule has 1 heterocycles. The van der Waals surface area contributed by atoms with Crippen LogP contribution in [0, 0.1) is 11.8 Å². The van der Waals surface area contributed by atoms with Crippen molar-refractivity contribution in [1.29, 1.82) is 0 Å². The van der Waals surface area contributed by atoms with E-state index in [0.717, 1.165) is 25.9 Å². The van der Waals surface area contributed by atoms with Gasteiger partial charge in [0.05, 0.1) is 17.0 Å². The van der Waals surface area contributed by atoms with E-state index in [-0.39, 0.29) is 29.2 Å². The Kier molecular flexibility index (Phi) is 7.49. The standard InChI is InChI=1S/C29H39N5O7/c1-31-22-17-10-13-9-16-18(33(2)3)11-14(12-32-15-5-7-34(4)8-6-15)23(35)20(16)24(36)19(13)26(38)29(17,41)27(39)21(25(22)37)28(30)40/h9,11,15,17,21-22,27,31-32,35-36,39,41H,5-8,10,12H2,1-4H3,(H2,30,40)/t17-,21?,22-,27?,29-/m0/s1. The van der Waals surface area contributed by atoms with Gasteiger partial charge in [-0.25, -0.2) is 0 Å². The maximum atomic E-state index is 14.0. The molecule has 2 unspecified atom stereocenters.